The van der Waals surface area contributed by atoms with Gasteiger partial charge in [-0.25, -0.2) is 5.43 Å². The van der Waals surface area contributed by atoms with Crippen LogP contribution in [0.25, 0.3) is 5.69 Å². The van der Waals surface area contributed by atoms with Crippen LogP contribution in [0.4, 0.5) is 0 Å². The molecule has 2 aromatic rings. The maximum Gasteiger partial charge on any atom is 0.206 e. The van der Waals surface area contributed by atoms with Gasteiger partial charge >= 0.3 is 0 Å². The van der Waals surface area contributed by atoms with Crippen molar-refractivity contribution < 1.29 is 4.74 Å². The van der Waals surface area contributed by atoms with E-state index in [0.717, 1.165) is 36.5 Å². The maximum absolute atomic E-state index is 7.06. The standard InChI is InChI=1S/C18H25N5O/c1-3-12-24-17-10-9-15(8-5-11-21-22-18(19)20)23(17)16-7-4-6-14(2)13-16/h4,6-7,9-11,13H,3,5,8,12H2,1-2H3,(H4,19,20,22). The highest BCUT2D eigenvalue weighted by Gasteiger charge is 2.11. The van der Waals surface area contributed by atoms with E-state index in [0.29, 0.717) is 6.61 Å². The Kier molecular flexibility index (Phi) is 6.42. The molecule has 1 aromatic heterocycles. The van der Waals surface area contributed by atoms with Gasteiger partial charge in [0.05, 0.1) is 6.61 Å². The normalized spacial score (nSPS) is 10.9. The zero-order chi connectivity index (χ0) is 17.4. The second kappa shape index (κ2) is 8.76. The lowest BCUT2D eigenvalue weighted by molar-refractivity contribution is 0.299. The summed E-state index contributed by atoms with van der Waals surface area (Å²) in [6.07, 6.45) is 4.25. The average molecular weight is 327 g/mol. The number of ether oxygens (including phenoxy) is 1. The molecule has 1 heterocycles. The number of guanidine groups is 1. The van der Waals surface area contributed by atoms with Gasteiger partial charge in [0, 0.05) is 23.7 Å². The largest absolute Gasteiger partial charge is 0.479 e. The van der Waals surface area contributed by atoms with Gasteiger partial charge in [-0.2, -0.15) is 5.10 Å². The van der Waals surface area contributed by atoms with Crippen molar-refractivity contribution in [3.63, 3.8) is 0 Å². The second-order valence-corrected chi connectivity index (χ2v) is 5.56. The summed E-state index contributed by atoms with van der Waals surface area (Å²) in [6.45, 7) is 4.87. The Morgan fingerprint density at radius 2 is 2.21 bits per heavy atom. The predicted molar refractivity (Wildman–Crippen MR) is 98.2 cm³/mol. The van der Waals surface area contributed by atoms with E-state index < -0.39 is 0 Å². The van der Waals surface area contributed by atoms with Crippen LogP contribution in [-0.2, 0) is 6.42 Å². The lowest BCUT2D eigenvalue weighted by atomic mass is 10.2. The first-order chi connectivity index (χ1) is 11.6. The Morgan fingerprint density at radius 1 is 1.38 bits per heavy atom. The molecule has 0 saturated heterocycles. The summed E-state index contributed by atoms with van der Waals surface area (Å²) in [5.74, 6) is 0.695. The maximum atomic E-state index is 7.06. The topological polar surface area (TPSA) is 88.4 Å². The van der Waals surface area contributed by atoms with E-state index in [4.69, 9.17) is 15.9 Å². The summed E-state index contributed by atoms with van der Waals surface area (Å²) >= 11 is 0. The Hall–Kier alpha value is -2.76. The average Bonchev–Trinajstić information content (AvgIpc) is 2.95. The smallest absolute Gasteiger partial charge is 0.206 e. The first kappa shape index (κ1) is 17.6. The number of nitrogens with one attached hydrogen (secondary N) is 2. The molecule has 0 unspecified atom stereocenters. The lowest BCUT2D eigenvalue weighted by Crippen LogP contribution is -2.25. The van der Waals surface area contributed by atoms with Crippen LogP contribution in [0.1, 0.15) is 31.0 Å². The van der Waals surface area contributed by atoms with Crippen molar-refractivity contribution in [2.75, 3.05) is 6.61 Å². The third-order valence-electron chi connectivity index (χ3n) is 3.45. The van der Waals surface area contributed by atoms with Crippen LogP contribution in [0.3, 0.4) is 0 Å². The summed E-state index contributed by atoms with van der Waals surface area (Å²) in [4.78, 5) is 0. The summed E-state index contributed by atoms with van der Waals surface area (Å²) < 4.78 is 8.04. The fraction of sp³-hybridized carbons (Fsp3) is 0.333. The summed E-state index contributed by atoms with van der Waals surface area (Å²) in [5.41, 5.74) is 11.1. The number of hydrazone groups is 1. The molecule has 0 bridgehead atoms. The molecule has 4 N–H and O–H groups in total. The molecule has 0 atom stereocenters. The number of nitrogens with two attached hydrogens (primary N) is 1. The molecule has 24 heavy (non-hydrogen) atoms. The van der Waals surface area contributed by atoms with Crippen molar-refractivity contribution in [3.8, 4) is 11.6 Å². The van der Waals surface area contributed by atoms with Crippen molar-refractivity contribution >= 4 is 12.2 Å². The molecule has 6 heteroatoms. The van der Waals surface area contributed by atoms with Crippen LogP contribution >= 0.6 is 0 Å². The molecule has 0 radical (unpaired) electrons. The van der Waals surface area contributed by atoms with E-state index in [1.807, 2.05) is 6.07 Å². The molecule has 0 aliphatic heterocycles. The molecule has 128 valence electrons. The van der Waals surface area contributed by atoms with Crippen LogP contribution in [0.2, 0.25) is 0 Å². The first-order valence-corrected chi connectivity index (χ1v) is 8.14. The minimum absolute atomic E-state index is 0.162. The number of benzene rings is 1. The molecule has 0 amide bonds. The van der Waals surface area contributed by atoms with E-state index in [1.165, 1.54) is 5.56 Å². The van der Waals surface area contributed by atoms with Crippen LogP contribution < -0.4 is 15.9 Å². The van der Waals surface area contributed by atoms with Gasteiger partial charge in [-0.05, 0) is 49.9 Å². The van der Waals surface area contributed by atoms with Crippen molar-refractivity contribution in [1.82, 2.24) is 9.99 Å². The fourth-order valence-electron chi connectivity index (χ4n) is 2.42. The lowest BCUT2D eigenvalue weighted by Gasteiger charge is -2.14. The molecule has 0 aliphatic carbocycles. The highest BCUT2D eigenvalue weighted by Crippen LogP contribution is 2.25. The highest BCUT2D eigenvalue weighted by molar-refractivity contribution is 5.75. The van der Waals surface area contributed by atoms with E-state index >= 15 is 0 Å². The van der Waals surface area contributed by atoms with Crippen LogP contribution in [0.15, 0.2) is 41.5 Å². The van der Waals surface area contributed by atoms with Crippen LogP contribution in [0, 0.1) is 12.3 Å². The van der Waals surface area contributed by atoms with E-state index in [9.17, 15) is 0 Å². The molecule has 0 fully saturated rings. The molecule has 1 aromatic carbocycles. The molecule has 6 nitrogen and oxygen atoms in total. The van der Waals surface area contributed by atoms with Gasteiger partial charge in [0.2, 0.25) is 5.96 Å². The van der Waals surface area contributed by atoms with Gasteiger partial charge in [-0.1, -0.05) is 19.1 Å². The van der Waals surface area contributed by atoms with Crippen molar-refractivity contribution in [2.45, 2.75) is 33.1 Å². The monoisotopic (exact) mass is 327 g/mol. The summed E-state index contributed by atoms with van der Waals surface area (Å²) in [6, 6.07) is 12.5. The number of aromatic nitrogens is 1. The second-order valence-electron chi connectivity index (χ2n) is 5.56. The van der Waals surface area contributed by atoms with Gasteiger partial charge in [-0.3, -0.25) is 9.98 Å². The Bertz CT molecular complexity index is 705. The molecular formula is C18H25N5O. The third-order valence-corrected chi connectivity index (χ3v) is 3.45. The van der Waals surface area contributed by atoms with Crippen LogP contribution in [-0.4, -0.2) is 23.3 Å². The van der Waals surface area contributed by atoms with E-state index in [-0.39, 0.29) is 5.96 Å². The minimum atomic E-state index is -0.162. The van der Waals surface area contributed by atoms with Crippen LogP contribution in [0.5, 0.6) is 5.88 Å². The van der Waals surface area contributed by atoms with Crippen molar-refractivity contribution in [1.29, 1.82) is 5.41 Å². The molecule has 2 rings (SSSR count). The van der Waals surface area contributed by atoms with E-state index in [2.05, 4.69) is 59.3 Å². The van der Waals surface area contributed by atoms with Crippen molar-refractivity contribution in [3.05, 3.63) is 47.7 Å². The predicted octanol–water partition coefficient (Wildman–Crippen LogP) is 2.98. The SMILES string of the molecule is CCCOc1ccc(CCC=NNC(=N)N)n1-c1cccc(C)c1. The Morgan fingerprint density at radius 3 is 2.92 bits per heavy atom. The van der Waals surface area contributed by atoms with Gasteiger partial charge in [0.25, 0.3) is 0 Å². The van der Waals surface area contributed by atoms with E-state index in [1.54, 1.807) is 6.21 Å². The molecule has 0 aliphatic rings. The highest BCUT2D eigenvalue weighted by atomic mass is 16.5. The van der Waals surface area contributed by atoms with Gasteiger partial charge in [-0.15, -0.1) is 0 Å². The Labute approximate surface area is 142 Å². The summed E-state index contributed by atoms with van der Waals surface area (Å²) in [7, 11) is 0. The quantitative estimate of drug-likeness (QED) is 0.396. The number of aryl methyl sites for hydroxylation is 2. The molecule has 0 spiro atoms. The Balaban J connectivity index is 2.19. The van der Waals surface area contributed by atoms with Crippen molar-refractivity contribution in [2.24, 2.45) is 10.8 Å². The minimum Gasteiger partial charge on any atom is -0.479 e. The molecule has 0 saturated carbocycles. The third kappa shape index (κ3) is 4.87. The van der Waals surface area contributed by atoms with Gasteiger partial charge < -0.3 is 10.5 Å². The number of hydrogen-bond acceptors (Lipinski definition) is 3. The molecular weight excluding hydrogens is 302 g/mol. The van der Waals surface area contributed by atoms with Gasteiger partial charge in [0.1, 0.15) is 0 Å². The first-order valence-electron chi connectivity index (χ1n) is 8.14. The fourth-order valence-corrected chi connectivity index (χ4v) is 2.42. The summed E-state index contributed by atoms with van der Waals surface area (Å²) in [5, 5.41) is 11.0. The van der Waals surface area contributed by atoms with Gasteiger partial charge in [0.15, 0.2) is 5.88 Å². The zero-order valence-electron chi connectivity index (χ0n) is 14.2. The number of rotatable bonds is 8. The number of nitrogens with zero attached hydrogens (tertiary/aromatic N) is 2. The number of hydrogen-bond donors (Lipinski definition) is 3. The zero-order valence-corrected chi connectivity index (χ0v) is 14.2.